The third-order valence-corrected chi connectivity index (χ3v) is 4.70. The van der Waals surface area contributed by atoms with E-state index in [9.17, 15) is 4.79 Å². The second kappa shape index (κ2) is 6.14. The zero-order valence-corrected chi connectivity index (χ0v) is 13.4. The smallest absolute Gasteiger partial charge is 0.251 e. The molecule has 1 saturated carbocycles. The fraction of sp³-hybridized carbons (Fsp3) is 0.294. The predicted octanol–water partition coefficient (Wildman–Crippen LogP) is 3.43. The molecule has 6 heteroatoms. The summed E-state index contributed by atoms with van der Waals surface area (Å²) in [7, 11) is 0. The Morgan fingerprint density at radius 2 is 2.26 bits per heavy atom. The number of nitrogens with zero attached hydrogens (tertiary/aromatic N) is 2. The first kappa shape index (κ1) is 14.4. The lowest BCUT2D eigenvalue weighted by molar-refractivity contribution is -0.120. The van der Waals surface area contributed by atoms with Crippen LogP contribution in [0.15, 0.2) is 41.9 Å². The average Bonchev–Trinajstić information content (AvgIpc) is 3.09. The van der Waals surface area contributed by atoms with E-state index in [4.69, 9.17) is 4.74 Å². The number of aromatic nitrogens is 2. The lowest BCUT2D eigenvalue weighted by atomic mass is 10.3. The Labute approximate surface area is 137 Å². The minimum atomic E-state index is -0.144. The molecule has 1 aliphatic rings. The van der Waals surface area contributed by atoms with Crippen molar-refractivity contribution in [3.05, 3.63) is 41.9 Å². The van der Waals surface area contributed by atoms with Gasteiger partial charge in [0.25, 0.3) is 5.91 Å². The summed E-state index contributed by atoms with van der Waals surface area (Å²) in [5.41, 5.74) is 1.60. The third-order valence-electron chi connectivity index (χ3n) is 3.83. The number of ether oxygens (including phenoxy) is 1. The number of hydrogen-bond donors (Lipinski definition) is 1. The largest absolute Gasteiger partial charge is 0.371 e. The molecule has 4 rings (SSSR count). The second-order valence-electron chi connectivity index (χ2n) is 5.72. The highest BCUT2D eigenvalue weighted by molar-refractivity contribution is 7.13. The summed E-state index contributed by atoms with van der Waals surface area (Å²) in [6, 6.07) is 9.77. The van der Waals surface area contributed by atoms with Gasteiger partial charge in [0.05, 0.1) is 11.5 Å². The van der Waals surface area contributed by atoms with Crippen LogP contribution in [0.5, 0.6) is 0 Å². The molecule has 1 aliphatic carbocycles. The van der Waals surface area contributed by atoms with Gasteiger partial charge in [0.15, 0.2) is 0 Å². The van der Waals surface area contributed by atoms with Crippen LogP contribution >= 0.6 is 11.3 Å². The topological polar surface area (TPSA) is 55.6 Å². The lowest BCUT2D eigenvalue weighted by Crippen LogP contribution is -2.20. The minimum Gasteiger partial charge on any atom is -0.371 e. The van der Waals surface area contributed by atoms with Crippen molar-refractivity contribution in [2.45, 2.75) is 12.8 Å². The summed E-state index contributed by atoms with van der Waals surface area (Å²) in [6.07, 6.45) is 4.34. The van der Waals surface area contributed by atoms with Crippen molar-refractivity contribution >= 4 is 28.7 Å². The van der Waals surface area contributed by atoms with E-state index in [1.165, 1.54) is 12.8 Å². The second-order valence-corrected chi connectivity index (χ2v) is 6.67. The summed E-state index contributed by atoms with van der Waals surface area (Å²) < 4.78 is 7.37. The van der Waals surface area contributed by atoms with Crippen LogP contribution in [0.4, 0.5) is 5.82 Å². The summed E-state index contributed by atoms with van der Waals surface area (Å²) in [5.74, 6) is 1.21. The molecule has 0 atom stereocenters. The minimum absolute atomic E-state index is 0.0838. The van der Waals surface area contributed by atoms with Gasteiger partial charge in [-0.15, -0.1) is 11.3 Å². The molecule has 23 heavy (non-hydrogen) atoms. The van der Waals surface area contributed by atoms with Gasteiger partial charge < -0.3 is 10.1 Å². The molecule has 3 aromatic heterocycles. The van der Waals surface area contributed by atoms with Crippen LogP contribution in [0.1, 0.15) is 12.8 Å². The van der Waals surface area contributed by atoms with Crippen molar-refractivity contribution < 1.29 is 9.53 Å². The molecule has 5 nitrogen and oxygen atoms in total. The summed E-state index contributed by atoms with van der Waals surface area (Å²) >= 11 is 1.60. The lowest BCUT2D eigenvalue weighted by Gasteiger charge is -2.07. The molecule has 0 saturated heterocycles. The normalized spacial score (nSPS) is 14.3. The summed E-state index contributed by atoms with van der Waals surface area (Å²) in [4.78, 5) is 17.9. The van der Waals surface area contributed by atoms with Gasteiger partial charge in [-0.05, 0) is 42.3 Å². The van der Waals surface area contributed by atoms with Crippen LogP contribution in [-0.2, 0) is 9.53 Å². The molecule has 0 unspecified atom stereocenters. The average molecular weight is 327 g/mol. The third kappa shape index (κ3) is 3.13. The Balaban J connectivity index is 1.59. The predicted molar refractivity (Wildman–Crippen MR) is 90.7 cm³/mol. The van der Waals surface area contributed by atoms with E-state index in [1.807, 2.05) is 46.3 Å². The number of imidazole rings is 1. The SMILES string of the molecule is O=C(COCC1CC1)Nc1c(-c2cccs2)nc2ccccn12. The van der Waals surface area contributed by atoms with Gasteiger partial charge in [-0.2, -0.15) is 0 Å². The zero-order chi connectivity index (χ0) is 15.6. The number of amides is 1. The van der Waals surface area contributed by atoms with Gasteiger partial charge in [-0.1, -0.05) is 12.1 Å². The fourth-order valence-electron chi connectivity index (χ4n) is 2.47. The Morgan fingerprint density at radius 1 is 1.35 bits per heavy atom. The number of carbonyl (C=O) groups is 1. The molecule has 1 fully saturated rings. The molecular formula is C17H17N3O2S. The molecule has 3 aromatic rings. The van der Waals surface area contributed by atoms with E-state index in [-0.39, 0.29) is 12.5 Å². The van der Waals surface area contributed by atoms with E-state index >= 15 is 0 Å². The molecule has 3 heterocycles. The Kier molecular flexibility index (Phi) is 3.85. The van der Waals surface area contributed by atoms with Crippen LogP contribution in [0, 0.1) is 5.92 Å². The highest BCUT2D eigenvalue weighted by Gasteiger charge is 2.22. The Hall–Kier alpha value is -2.18. The van der Waals surface area contributed by atoms with Gasteiger partial charge >= 0.3 is 0 Å². The first-order chi connectivity index (χ1) is 11.3. The molecule has 0 bridgehead atoms. The fourth-order valence-corrected chi connectivity index (χ4v) is 3.19. The number of nitrogens with one attached hydrogen (secondary N) is 1. The molecule has 0 aliphatic heterocycles. The number of pyridine rings is 1. The van der Waals surface area contributed by atoms with Crippen molar-refractivity contribution in [1.29, 1.82) is 0 Å². The monoisotopic (exact) mass is 327 g/mol. The highest BCUT2D eigenvalue weighted by atomic mass is 32.1. The number of rotatable bonds is 6. The maximum atomic E-state index is 12.2. The van der Waals surface area contributed by atoms with Gasteiger partial charge in [-0.3, -0.25) is 9.20 Å². The number of fused-ring (bicyclic) bond motifs is 1. The molecule has 0 spiro atoms. The number of carbonyl (C=O) groups excluding carboxylic acids is 1. The molecule has 0 aromatic carbocycles. The van der Waals surface area contributed by atoms with E-state index in [0.717, 1.165) is 16.2 Å². The molecule has 1 amide bonds. The first-order valence-corrected chi connectivity index (χ1v) is 8.58. The van der Waals surface area contributed by atoms with Gasteiger partial charge in [0.1, 0.15) is 23.8 Å². The first-order valence-electron chi connectivity index (χ1n) is 7.70. The van der Waals surface area contributed by atoms with E-state index < -0.39 is 0 Å². The summed E-state index contributed by atoms with van der Waals surface area (Å²) in [5, 5.41) is 4.96. The molecule has 118 valence electrons. The van der Waals surface area contributed by atoms with Gasteiger partial charge in [-0.25, -0.2) is 4.98 Å². The van der Waals surface area contributed by atoms with Crippen LogP contribution in [0.25, 0.3) is 16.2 Å². The van der Waals surface area contributed by atoms with Crippen molar-refractivity contribution in [3.8, 4) is 10.6 Å². The van der Waals surface area contributed by atoms with E-state index in [0.29, 0.717) is 18.3 Å². The van der Waals surface area contributed by atoms with Gasteiger partial charge in [0, 0.05) is 6.20 Å². The Morgan fingerprint density at radius 3 is 3.04 bits per heavy atom. The standard InChI is InChI=1S/C17H17N3O2S/c21-15(11-22-10-12-6-7-12)19-17-16(13-4-3-9-23-13)18-14-5-1-2-8-20(14)17/h1-5,8-9,12H,6-7,10-11H2,(H,19,21). The highest BCUT2D eigenvalue weighted by Crippen LogP contribution is 2.32. The van der Waals surface area contributed by atoms with Gasteiger partial charge in [0.2, 0.25) is 0 Å². The van der Waals surface area contributed by atoms with Crippen molar-refractivity contribution in [1.82, 2.24) is 9.38 Å². The van der Waals surface area contributed by atoms with E-state index in [1.54, 1.807) is 11.3 Å². The molecule has 0 radical (unpaired) electrons. The zero-order valence-electron chi connectivity index (χ0n) is 12.6. The number of hydrogen-bond acceptors (Lipinski definition) is 4. The molecular weight excluding hydrogens is 310 g/mol. The van der Waals surface area contributed by atoms with Crippen molar-refractivity contribution in [2.75, 3.05) is 18.5 Å². The summed E-state index contributed by atoms with van der Waals surface area (Å²) in [6.45, 7) is 0.763. The van der Waals surface area contributed by atoms with Crippen LogP contribution < -0.4 is 5.32 Å². The van der Waals surface area contributed by atoms with Crippen LogP contribution in [0.2, 0.25) is 0 Å². The van der Waals surface area contributed by atoms with Crippen molar-refractivity contribution in [3.63, 3.8) is 0 Å². The van der Waals surface area contributed by atoms with E-state index in [2.05, 4.69) is 10.3 Å². The number of thiophene rings is 1. The van der Waals surface area contributed by atoms with Crippen LogP contribution in [0.3, 0.4) is 0 Å². The number of anilines is 1. The maximum Gasteiger partial charge on any atom is 0.251 e. The molecule has 1 N–H and O–H groups in total. The Bertz CT molecular complexity index is 822. The van der Waals surface area contributed by atoms with Crippen molar-refractivity contribution in [2.24, 2.45) is 5.92 Å². The maximum absolute atomic E-state index is 12.2. The quantitative estimate of drug-likeness (QED) is 0.754. The van der Waals surface area contributed by atoms with Crippen LogP contribution in [-0.4, -0.2) is 28.5 Å².